The highest BCUT2D eigenvalue weighted by molar-refractivity contribution is 9.10. The van der Waals surface area contributed by atoms with Crippen molar-refractivity contribution < 1.29 is 4.52 Å². The zero-order valence-electron chi connectivity index (χ0n) is 8.97. The summed E-state index contributed by atoms with van der Waals surface area (Å²) in [5, 5.41) is 4.01. The van der Waals surface area contributed by atoms with Crippen LogP contribution in [0.3, 0.4) is 0 Å². The lowest BCUT2D eigenvalue weighted by molar-refractivity contribution is 0.399. The molecule has 0 N–H and O–H groups in total. The Morgan fingerprint density at radius 2 is 1.67 bits per heavy atom. The van der Waals surface area contributed by atoms with Crippen LogP contribution in [0.5, 0.6) is 0 Å². The van der Waals surface area contributed by atoms with Gasteiger partial charge in [0.25, 0.3) is 0 Å². The van der Waals surface area contributed by atoms with Gasteiger partial charge in [0, 0.05) is 16.1 Å². The molecule has 0 aliphatic carbocycles. The van der Waals surface area contributed by atoms with Crippen molar-refractivity contribution >= 4 is 15.9 Å². The van der Waals surface area contributed by atoms with Crippen LogP contribution < -0.4 is 0 Å². The van der Waals surface area contributed by atoms with E-state index in [1.165, 1.54) is 11.1 Å². The summed E-state index contributed by atoms with van der Waals surface area (Å²) >= 11 is 3.55. The number of rotatable bonds is 1. The van der Waals surface area contributed by atoms with E-state index in [1.54, 1.807) is 0 Å². The van der Waals surface area contributed by atoms with Crippen LogP contribution in [0, 0.1) is 20.8 Å². The molecule has 0 saturated heterocycles. The smallest absolute Gasteiger partial charge is 0.134 e. The van der Waals surface area contributed by atoms with Gasteiger partial charge in [-0.3, -0.25) is 0 Å². The fourth-order valence-electron chi connectivity index (χ4n) is 1.60. The van der Waals surface area contributed by atoms with Crippen LogP contribution in [-0.4, -0.2) is 5.16 Å². The molecule has 0 aliphatic rings. The van der Waals surface area contributed by atoms with Crippen LogP contribution in [0.1, 0.15) is 16.9 Å². The van der Waals surface area contributed by atoms with E-state index in [4.69, 9.17) is 4.52 Å². The van der Waals surface area contributed by atoms with Crippen molar-refractivity contribution in [3.63, 3.8) is 0 Å². The average molecular weight is 266 g/mol. The molecule has 1 aromatic carbocycles. The highest BCUT2D eigenvalue weighted by Gasteiger charge is 2.07. The van der Waals surface area contributed by atoms with Gasteiger partial charge in [0.15, 0.2) is 0 Å². The van der Waals surface area contributed by atoms with Gasteiger partial charge in [0.05, 0.1) is 0 Å². The van der Waals surface area contributed by atoms with E-state index in [0.717, 1.165) is 21.5 Å². The standard InChI is InChI=1S/C12H12BrNO/c1-7-4-10(5-8(2)12(7)13)11-6-9(3)15-14-11/h4-6H,1-3H3. The van der Waals surface area contributed by atoms with Crippen molar-refractivity contribution in [2.45, 2.75) is 20.8 Å². The molecule has 0 aliphatic heterocycles. The minimum atomic E-state index is 0.836. The first-order chi connectivity index (χ1) is 7.08. The van der Waals surface area contributed by atoms with Gasteiger partial charge in [-0.2, -0.15) is 0 Å². The van der Waals surface area contributed by atoms with Gasteiger partial charge in [-0.25, -0.2) is 0 Å². The maximum Gasteiger partial charge on any atom is 0.134 e. The second-order valence-corrected chi connectivity index (χ2v) is 4.54. The van der Waals surface area contributed by atoms with Crippen molar-refractivity contribution in [2.24, 2.45) is 0 Å². The summed E-state index contributed by atoms with van der Waals surface area (Å²) in [6.45, 7) is 6.05. The number of nitrogens with zero attached hydrogens (tertiary/aromatic N) is 1. The van der Waals surface area contributed by atoms with Crippen LogP contribution in [0.2, 0.25) is 0 Å². The summed E-state index contributed by atoms with van der Waals surface area (Å²) in [6.07, 6.45) is 0. The van der Waals surface area contributed by atoms with Crippen LogP contribution in [0.25, 0.3) is 11.3 Å². The van der Waals surface area contributed by atoms with E-state index in [2.05, 4.69) is 47.1 Å². The fraction of sp³-hybridized carbons (Fsp3) is 0.250. The van der Waals surface area contributed by atoms with Gasteiger partial charge in [-0.1, -0.05) is 21.1 Å². The molecule has 15 heavy (non-hydrogen) atoms. The minimum Gasteiger partial charge on any atom is -0.361 e. The molecule has 0 unspecified atom stereocenters. The van der Waals surface area contributed by atoms with E-state index in [9.17, 15) is 0 Å². The quantitative estimate of drug-likeness (QED) is 0.778. The predicted octanol–water partition coefficient (Wildman–Crippen LogP) is 4.03. The van der Waals surface area contributed by atoms with Gasteiger partial charge < -0.3 is 4.52 Å². The molecule has 0 spiro atoms. The molecule has 3 heteroatoms. The lowest BCUT2D eigenvalue weighted by Crippen LogP contribution is -1.85. The molecular formula is C12H12BrNO. The highest BCUT2D eigenvalue weighted by atomic mass is 79.9. The van der Waals surface area contributed by atoms with Crippen LogP contribution in [0.4, 0.5) is 0 Å². The Morgan fingerprint density at radius 3 is 2.13 bits per heavy atom. The molecule has 0 amide bonds. The van der Waals surface area contributed by atoms with E-state index in [1.807, 2.05) is 13.0 Å². The van der Waals surface area contributed by atoms with Crippen molar-refractivity contribution in [2.75, 3.05) is 0 Å². The molecular weight excluding hydrogens is 254 g/mol. The third-order valence-electron chi connectivity index (χ3n) is 2.36. The number of hydrogen-bond acceptors (Lipinski definition) is 2. The van der Waals surface area contributed by atoms with E-state index in [-0.39, 0.29) is 0 Å². The van der Waals surface area contributed by atoms with Gasteiger partial charge in [0.2, 0.25) is 0 Å². The fourth-order valence-corrected chi connectivity index (χ4v) is 1.83. The molecule has 2 aromatic rings. The second-order valence-electron chi connectivity index (χ2n) is 3.75. The third-order valence-corrected chi connectivity index (χ3v) is 3.61. The van der Waals surface area contributed by atoms with Gasteiger partial charge >= 0.3 is 0 Å². The van der Waals surface area contributed by atoms with Crippen molar-refractivity contribution in [3.8, 4) is 11.3 Å². The number of halogens is 1. The Morgan fingerprint density at radius 1 is 1.07 bits per heavy atom. The molecule has 2 nitrogen and oxygen atoms in total. The van der Waals surface area contributed by atoms with Crippen molar-refractivity contribution in [1.29, 1.82) is 0 Å². The van der Waals surface area contributed by atoms with E-state index < -0.39 is 0 Å². The zero-order chi connectivity index (χ0) is 11.0. The zero-order valence-corrected chi connectivity index (χ0v) is 10.6. The topological polar surface area (TPSA) is 26.0 Å². The minimum absolute atomic E-state index is 0.836. The molecule has 1 heterocycles. The summed E-state index contributed by atoms with van der Waals surface area (Å²) in [5.74, 6) is 0.836. The first kappa shape index (κ1) is 10.4. The molecule has 0 fully saturated rings. The van der Waals surface area contributed by atoms with Crippen LogP contribution in [-0.2, 0) is 0 Å². The van der Waals surface area contributed by atoms with Crippen LogP contribution in [0.15, 0.2) is 27.2 Å². The number of aryl methyl sites for hydroxylation is 3. The van der Waals surface area contributed by atoms with Gasteiger partial charge in [-0.05, 0) is 44.0 Å². The summed E-state index contributed by atoms with van der Waals surface area (Å²) in [7, 11) is 0. The molecule has 78 valence electrons. The number of benzene rings is 1. The largest absolute Gasteiger partial charge is 0.361 e. The molecule has 0 atom stereocenters. The maximum absolute atomic E-state index is 5.07. The summed E-state index contributed by atoms with van der Waals surface area (Å²) in [6, 6.07) is 6.16. The Kier molecular flexibility index (Phi) is 2.65. The normalized spacial score (nSPS) is 10.7. The summed E-state index contributed by atoms with van der Waals surface area (Å²) in [4.78, 5) is 0. The Hall–Kier alpha value is -1.09. The lowest BCUT2D eigenvalue weighted by atomic mass is 10.1. The first-order valence-corrected chi connectivity index (χ1v) is 5.57. The Balaban J connectivity index is 2.55. The molecule has 0 saturated carbocycles. The molecule has 2 rings (SSSR count). The first-order valence-electron chi connectivity index (χ1n) is 4.78. The lowest BCUT2D eigenvalue weighted by Gasteiger charge is -2.05. The third kappa shape index (κ3) is 1.97. The van der Waals surface area contributed by atoms with Crippen molar-refractivity contribution in [1.82, 2.24) is 5.16 Å². The molecule has 1 aromatic heterocycles. The molecule has 0 radical (unpaired) electrons. The maximum atomic E-state index is 5.07. The van der Waals surface area contributed by atoms with Gasteiger partial charge in [-0.15, -0.1) is 0 Å². The predicted molar refractivity (Wildman–Crippen MR) is 63.9 cm³/mol. The Bertz CT molecular complexity index is 479. The Labute approximate surface area is 97.4 Å². The summed E-state index contributed by atoms with van der Waals surface area (Å²) < 4.78 is 6.23. The SMILES string of the molecule is Cc1cc(-c2cc(C)c(Br)c(C)c2)no1. The second kappa shape index (κ2) is 3.81. The average Bonchev–Trinajstić information content (AvgIpc) is 2.60. The number of hydrogen-bond donors (Lipinski definition) is 0. The molecule has 0 bridgehead atoms. The summed E-state index contributed by atoms with van der Waals surface area (Å²) in [5.41, 5.74) is 4.42. The highest BCUT2D eigenvalue weighted by Crippen LogP contribution is 2.28. The van der Waals surface area contributed by atoms with Gasteiger partial charge in [0.1, 0.15) is 11.5 Å². The van der Waals surface area contributed by atoms with E-state index in [0.29, 0.717) is 0 Å². The monoisotopic (exact) mass is 265 g/mol. The number of aromatic nitrogens is 1. The van der Waals surface area contributed by atoms with E-state index >= 15 is 0 Å². The van der Waals surface area contributed by atoms with Crippen LogP contribution >= 0.6 is 15.9 Å². The van der Waals surface area contributed by atoms with Crippen molar-refractivity contribution in [3.05, 3.63) is 39.6 Å².